The molecule has 1 atom stereocenters. The summed E-state index contributed by atoms with van der Waals surface area (Å²) in [6, 6.07) is 15.4. The maximum absolute atomic E-state index is 13.6. The molecular formula is C29H21Cl2FN6OS. The molecular weight excluding hydrogens is 570 g/mol. The molecule has 0 fully saturated rings. The van der Waals surface area contributed by atoms with Gasteiger partial charge in [-0.05, 0) is 62.2 Å². The first kappa shape index (κ1) is 26.3. The first-order valence-corrected chi connectivity index (χ1v) is 14.1. The van der Waals surface area contributed by atoms with E-state index in [1.165, 1.54) is 23.5 Å². The highest BCUT2D eigenvalue weighted by Crippen LogP contribution is 2.49. The Labute approximate surface area is 243 Å². The molecule has 3 heterocycles. The number of aromatic nitrogens is 3. The van der Waals surface area contributed by atoms with Crippen molar-refractivity contribution in [2.45, 2.75) is 32.1 Å². The Morgan fingerprint density at radius 1 is 1.18 bits per heavy atom. The van der Waals surface area contributed by atoms with E-state index in [1.54, 1.807) is 46.8 Å². The van der Waals surface area contributed by atoms with Crippen LogP contribution in [0.1, 0.15) is 36.4 Å². The number of nitriles is 1. The number of rotatable bonds is 4. The Hall–Kier alpha value is -3.97. The van der Waals surface area contributed by atoms with Gasteiger partial charge in [0.05, 0.1) is 34.6 Å². The van der Waals surface area contributed by atoms with E-state index in [0.717, 1.165) is 5.56 Å². The van der Waals surface area contributed by atoms with E-state index in [9.17, 15) is 14.4 Å². The molecule has 0 saturated heterocycles. The zero-order valence-electron chi connectivity index (χ0n) is 21.2. The number of aryl methyl sites for hydroxylation is 1. The highest BCUT2D eigenvalue weighted by molar-refractivity contribution is 7.14. The first-order chi connectivity index (χ1) is 19.3. The summed E-state index contributed by atoms with van der Waals surface area (Å²) in [5.74, 6) is -0.999. The molecule has 1 aliphatic carbocycles. The third-order valence-corrected chi connectivity index (χ3v) is 8.55. The van der Waals surface area contributed by atoms with Crippen molar-refractivity contribution in [3.63, 3.8) is 0 Å². The van der Waals surface area contributed by atoms with Gasteiger partial charge in [0.15, 0.2) is 10.9 Å². The van der Waals surface area contributed by atoms with Gasteiger partial charge in [0.1, 0.15) is 16.8 Å². The lowest BCUT2D eigenvalue weighted by Gasteiger charge is -2.38. The van der Waals surface area contributed by atoms with E-state index in [-0.39, 0.29) is 28.1 Å². The van der Waals surface area contributed by atoms with Crippen LogP contribution in [0, 0.1) is 24.1 Å². The van der Waals surface area contributed by atoms with Crippen molar-refractivity contribution < 1.29 is 9.18 Å². The number of nitrogens with two attached hydrogens (primary N) is 1. The van der Waals surface area contributed by atoms with Crippen LogP contribution in [-0.2, 0) is 4.79 Å². The van der Waals surface area contributed by atoms with Gasteiger partial charge >= 0.3 is 0 Å². The number of ketones is 1. The molecule has 7 nitrogen and oxygen atoms in total. The molecule has 1 aliphatic heterocycles. The summed E-state index contributed by atoms with van der Waals surface area (Å²) in [5, 5.41) is 18.2. The summed E-state index contributed by atoms with van der Waals surface area (Å²) in [4.78, 5) is 20.0. The second-order valence-electron chi connectivity index (χ2n) is 9.52. The standard InChI is InChI=1S/C29H21Cl2FN6OS/c1-15-24(27(31)38(36-15)19-5-2-4-17(30)12-19)25-20(13-33)28(34)37(22-6-3-7-23(39)26(22)25)29-35-21(14-40-29)16-8-10-18(32)11-9-16/h2,4-5,8-12,14,25H,3,6-7,34H2,1H3. The van der Waals surface area contributed by atoms with Gasteiger partial charge in [0.2, 0.25) is 0 Å². The number of hydrogen-bond donors (Lipinski definition) is 1. The van der Waals surface area contributed by atoms with Crippen molar-refractivity contribution in [2.24, 2.45) is 5.73 Å². The highest BCUT2D eigenvalue weighted by atomic mass is 35.5. The molecule has 2 aliphatic rings. The highest BCUT2D eigenvalue weighted by Gasteiger charge is 2.43. The molecule has 0 radical (unpaired) electrons. The summed E-state index contributed by atoms with van der Waals surface area (Å²) in [7, 11) is 0. The van der Waals surface area contributed by atoms with Gasteiger partial charge in [0, 0.05) is 39.2 Å². The number of Topliss-reactive ketones (excluding diaryl/α,β-unsaturated/α-hetero) is 1. The second-order valence-corrected chi connectivity index (χ2v) is 11.2. The van der Waals surface area contributed by atoms with Crippen LogP contribution in [0.2, 0.25) is 10.2 Å². The molecule has 2 aromatic heterocycles. The third kappa shape index (κ3) is 4.29. The lowest BCUT2D eigenvalue weighted by Crippen LogP contribution is -2.38. The van der Waals surface area contributed by atoms with Crippen LogP contribution in [0.15, 0.2) is 76.6 Å². The number of allylic oxidation sites excluding steroid dienone is 3. The molecule has 0 saturated carbocycles. The molecule has 2 aromatic carbocycles. The number of nitrogens with zero attached hydrogens (tertiary/aromatic N) is 5. The Morgan fingerprint density at radius 3 is 2.67 bits per heavy atom. The van der Waals surface area contributed by atoms with Crippen molar-refractivity contribution in [1.82, 2.24) is 14.8 Å². The molecule has 2 N–H and O–H groups in total. The number of halogens is 3. The number of benzene rings is 2. The average Bonchev–Trinajstić information content (AvgIpc) is 3.53. The lowest BCUT2D eigenvalue weighted by atomic mass is 9.76. The topological polar surface area (TPSA) is 101 Å². The Balaban J connectivity index is 1.51. The second kappa shape index (κ2) is 10.2. The number of anilines is 1. The van der Waals surface area contributed by atoms with Gasteiger partial charge in [-0.15, -0.1) is 11.3 Å². The van der Waals surface area contributed by atoms with E-state index in [0.29, 0.717) is 63.3 Å². The van der Waals surface area contributed by atoms with Crippen LogP contribution in [0.25, 0.3) is 16.9 Å². The van der Waals surface area contributed by atoms with Crippen LogP contribution in [0.5, 0.6) is 0 Å². The van der Waals surface area contributed by atoms with E-state index in [2.05, 4.69) is 11.2 Å². The number of carbonyl (C=O) groups excluding carboxylic acids is 1. The molecule has 0 bridgehead atoms. The van der Waals surface area contributed by atoms with Crippen molar-refractivity contribution in [2.75, 3.05) is 4.90 Å². The molecule has 4 aromatic rings. The van der Waals surface area contributed by atoms with Crippen LogP contribution < -0.4 is 10.6 Å². The predicted molar refractivity (Wildman–Crippen MR) is 154 cm³/mol. The number of carbonyl (C=O) groups is 1. The Kier molecular flexibility index (Phi) is 6.70. The van der Waals surface area contributed by atoms with Crippen molar-refractivity contribution >= 4 is 45.5 Å². The normalized spacial score (nSPS) is 17.3. The summed E-state index contributed by atoms with van der Waals surface area (Å²) in [6.45, 7) is 1.79. The minimum absolute atomic E-state index is 0.0715. The van der Waals surface area contributed by atoms with Crippen LogP contribution in [0.4, 0.5) is 9.52 Å². The summed E-state index contributed by atoms with van der Waals surface area (Å²) >= 11 is 14.5. The van der Waals surface area contributed by atoms with Gasteiger partial charge in [-0.3, -0.25) is 9.69 Å². The Morgan fingerprint density at radius 2 is 1.95 bits per heavy atom. The molecule has 200 valence electrons. The minimum Gasteiger partial charge on any atom is -0.384 e. The fourth-order valence-corrected chi connectivity index (χ4v) is 6.77. The van der Waals surface area contributed by atoms with Crippen molar-refractivity contribution in [3.05, 3.63) is 104 Å². The molecule has 0 spiro atoms. The summed E-state index contributed by atoms with van der Waals surface area (Å²) in [5.41, 5.74) is 11.2. The first-order valence-electron chi connectivity index (χ1n) is 12.5. The maximum atomic E-state index is 13.6. The Bertz CT molecular complexity index is 1780. The maximum Gasteiger partial charge on any atom is 0.195 e. The smallest absolute Gasteiger partial charge is 0.195 e. The molecule has 6 rings (SSSR count). The lowest BCUT2D eigenvalue weighted by molar-refractivity contribution is -0.116. The zero-order chi connectivity index (χ0) is 28.1. The van der Waals surface area contributed by atoms with Gasteiger partial charge in [-0.25, -0.2) is 14.1 Å². The van der Waals surface area contributed by atoms with Crippen molar-refractivity contribution in [3.8, 4) is 23.0 Å². The average molecular weight is 591 g/mol. The van der Waals surface area contributed by atoms with E-state index in [4.69, 9.17) is 33.9 Å². The fourth-order valence-electron chi connectivity index (χ4n) is 5.33. The van der Waals surface area contributed by atoms with Gasteiger partial charge in [-0.2, -0.15) is 10.4 Å². The molecule has 1 unspecified atom stereocenters. The van der Waals surface area contributed by atoms with Gasteiger partial charge < -0.3 is 5.73 Å². The molecule has 0 amide bonds. The largest absolute Gasteiger partial charge is 0.384 e. The summed E-state index contributed by atoms with van der Waals surface area (Å²) in [6.07, 6.45) is 1.56. The molecule has 11 heteroatoms. The van der Waals surface area contributed by atoms with Crippen molar-refractivity contribution in [1.29, 1.82) is 5.26 Å². The van der Waals surface area contributed by atoms with Crippen LogP contribution in [-0.4, -0.2) is 20.5 Å². The minimum atomic E-state index is -0.777. The molecule has 40 heavy (non-hydrogen) atoms. The van der Waals surface area contributed by atoms with Gasteiger partial charge in [-0.1, -0.05) is 29.3 Å². The zero-order valence-corrected chi connectivity index (χ0v) is 23.5. The SMILES string of the molecule is Cc1nn(-c2cccc(Cl)c2)c(Cl)c1C1C(C#N)=C(N)N(c2nc(-c3ccc(F)cc3)cs2)C2=C1C(=O)CCC2. The number of hydrogen-bond acceptors (Lipinski definition) is 7. The quantitative estimate of drug-likeness (QED) is 0.273. The fraction of sp³-hybridized carbons (Fsp3) is 0.172. The van der Waals surface area contributed by atoms with Crippen LogP contribution >= 0.6 is 34.5 Å². The van der Waals surface area contributed by atoms with Gasteiger partial charge in [0.25, 0.3) is 0 Å². The summed E-state index contributed by atoms with van der Waals surface area (Å²) < 4.78 is 15.0. The van der Waals surface area contributed by atoms with Crippen LogP contribution in [0.3, 0.4) is 0 Å². The van der Waals surface area contributed by atoms with E-state index < -0.39 is 5.92 Å². The predicted octanol–water partition coefficient (Wildman–Crippen LogP) is 7.05. The van der Waals surface area contributed by atoms with E-state index >= 15 is 0 Å². The number of thiazole rings is 1. The van der Waals surface area contributed by atoms with E-state index in [1.807, 2.05) is 11.4 Å². The third-order valence-electron chi connectivity index (χ3n) is 7.13. The monoisotopic (exact) mass is 590 g/mol.